The van der Waals surface area contributed by atoms with Gasteiger partial charge in [-0.1, -0.05) is 0 Å². The molecule has 19 heavy (non-hydrogen) atoms. The number of likely N-dealkylation sites (N-methyl/N-ethyl adjacent to an activating group) is 2. The Kier molecular flexibility index (Phi) is 6.24. The molecule has 0 aromatic carbocycles. The number of hydrogen-bond donors (Lipinski definition) is 1. The summed E-state index contributed by atoms with van der Waals surface area (Å²) in [6, 6.07) is -0.156. The molecule has 0 radical (unpaired) electrons. The zero-order chi connectivity index (χ0) is 14.4. The summed E-state index contributed by atoms with van der Waals surface area (Å²) in [5, 5.41) is 3.27. The lowest BCUT2D eigenvalue weighted by atomic mass is 10.2. The zero-order valence-electron chi connectivity index (χ0n) is 12.5. The Morgan fingerprint density at radius 2 is 1.84 bits per heavy atom. The van der Waals surface area contributed by atoms with Gasteiger partial charge in [0.2, 0.25) is 11.8 Å². The lowest BCUT2D eigenvalue weighted by Crippen LogP contribution is -2.54. The fraction of sp³-hybridized carbons (Fsp3) is 0.846. The molecule has 1 fully saturated rings. The van der Waals surface area contributed by atoms with Crippen molar-refractivity contribution in [3.8, 4) is 0 Å². The number of carbonyl (C=O) groups is 2. The number of carbonyl (C=O) groups excluding carboxylic acids is 2. The van der Waals surface area contributed by atoms with Crippen LogP contribution in [0, 0.1) is 0 Å². The van der Waals surface area contributed by atoms with Crippen molar-refractivity contribution in [3.63, 3.8) is 0 Å². The summed E-state index contributed by atoms with van der Waals surface area (Å²) in [7, 11) is 3.42. The van der Waals surface area contributed by atoms with E-state index in [0.717, 1.165) is 26.2 Å². The van der Waals surface area contributed by atoms with E-state index < -0.39 is 0 Å². The highest BCUT2D eigenvalue weighted by molar-refractivity contribution is 5.87. The zero-order valence-corrected chi connectivity index (χ0v) is 12.5. The van der Waals surface area contributed by atoms with Crippen LogP contribution < -0.4 is 5.32 Å². The topological polar surface area (TPSA) is 55.9 Å². The molecule has 110 valence electrons. The predicted molar refractivity (Wildman–Crippen MR) is 74.9 cm³/mol. The Labute approximate surface area is 115 Å². The van der Waals surface area contributed by atoms with Crippen LogP contribution in [0.15, 0.2) is 0 Å². The van der Waals surface area contributed by atoms with Crippen LogP contribution >= 0.6 is 0 Å². The van der Waals surface area contributed by atoms with Crippen LogP contribution in [0.2, 0.25) is 0 Å². The van der Waals surface area contributed by atoms with Gasteiger partial charge in [-0.15, -0.1) is 0 Å². The maximum absolute atomic E-state index is 12.4. The van der Waals surface area contributed by atoms with Crippen LogP contribution in [0.3, 0.4) is 0 Å². The average Bonchev–Trinajstić information content (AvgIpc) is 2.43. The van der Waals surface area contributed by atoms with Gasteiger partial charge in [0.15, 0.2) is 0 Å². The first-order chi connectivity index (χ1) is 8.97. The number of rotatable bonds is 5. The van der Waals surface area contributed by atoms with Gasteiger partial charge >= 0.3 is 0 Å². The molecule has 1 aliphatic heterocycles. The Morgan fingerprint density at radius 3 is 2.32 bits per heavy atom. The number of piperazine rings is 1. The fourth-order valence-electron chi connectivity index (χ4n) is 2.14. The molecule has 1 atom stereocenters. The molecule has 1 aliphatic rings. The molecule has 0 aromatic rings. The molecule has 0 saturated carbocycles. The van der Waals surface area contributed by atoms with Crippen molar-refractivity contribution in [2.75, 3.05) is 53.4 Å². The van der Waals surface area contributed by atoms with Gasteiger partial charge < -0.3 is 15.1 Å². The molecule has 1 rings (SSSR count). The van der Waals surface area contributed by atoms with Gasteiger partial charge in [-0.25, -0.2) is 0 Å². The predicted octanol–water partition coefficient (Wildman–Crippen LogP) is -0.783. The maximum atomic E-state index is 12.4. The van der Waals surface area contributed by atoms with Crippen molar-refractivity contribution in [3.05, 3.63) is 0 Å². The molecule has 1 saturated heterocycles. The van der Waals surface area contributed by atoms with Crippen LogP contribution in [-0.4, -0.2) is 85.9 Å². The summed E-state index contributed by atoms with van der Waals surface area (Å²) in [6.45, 7) is 8.16. The lowest BCUT2D eigenvalue weighted by Gasteiger charge is -2.34. The van der Waals surface area contributed by atoms with Gasteiger partial charge in [-0.05, 0) is 13.8 Å². The van der Waals surface area contributed by atoms with E-state index in [0.29, 0.717) is 6.54 Å². The van der Waals surface area contributed by atoms with Crippen LogP contribution in [0.4, 0.5) is 0 Å². The third kappa shape index (κ3) is 4.47. The molecule has 1 unspecified atom stereocenters. The Hall–Kier alpha value is -1.14. The van der Waals surface area contributed by atoms with E-state index in [1.165, 1.54) is 4.90 Å². The average molecular weight is 270 g/mol. The van der Waals surface area contributed by atoms with Crippen molar-refractivity contribution in [1.29, 1.82) is 0 Å². The molecule has 6 heteroatoms. The Balaban J connectivity index is 2.58. The first kappa shape index (κ1) is 15.9. The minimum Gasteiger partial charge on any atom is -0.347 e. The SMILES string of the molecule is CCN(CC(=O)N(C)C)C(=O)C(C)N1CCNCC1. The lowest BCUT2D eigenvalue weighted by molar-refractivity contribution is -0.142. The van der Waals surface area contributed by atoms with Crippen LogP contribution in [0.25, 0.3) is 0 Å². The largest absolute Gasteiger partial charge is 0.347 e. The van der Waals surface area contributed by atoms with Crippen LogP contribution in [-0.2, 0) is 9.59 Å². The van der Waals surface area contributed by atoms with E-state index in [1.807, 2.05) is 13.8 Å². The van der Waals surface area contributed by atoms with Gasteiger partial charge in [0.1, 0.15) is 0 Å². The molecule has 0 bridgehead atoms. The summed E-state index contributed by atoms with van der Waals surface area (Å²) in [5.74, 6) is 0.00214. The molecule has 6 nitrogen and oxygen atoms in total. The fourth-order valence-corrected chi connectivity index (χ4v) is 2.14. The van der Waals surface area contributed by atoms with Crippen molar-refractivity contribution in [2.24, 2.45) is 0 Å². The van der Waals surface area contributed by atoms with Crippen molar-refractivity contribution in [2.45, 2.75) is 19.9 Å². The second-order valence-electron chi connectivity index (χ2n) is 5.10. The smallest absolute Gasteiger partial charge is 0.241 e. The molecular formula is C13H26N4O2. The minimum atomic E-state index is -0.156. The van der Waals surface area contributed by atoms with E-state index in [9.17, 15) is 9.59 Å². The van der Waals surface area contributed by atoms with E-state index >= 15 is 0 Å². The summed E-state index contributed by atoms with van der Waals surface area (Å²) in [5.41, 5.74) is 0. The van der Waals surface area contributed by atoms with E-state index in [-0.39, 0.29) is 24.4 Å². The summed E-state index contributed by atoms with van der Waals surface area (Å²) in [4.78, 5) is 29.5. The highest BCUT2D eigenvalue weighted by Crippen LogP contribution is 2.06. The Bertz CT molecular complexity index is 314. The molecule has 1 N–H and O–H groups in total. The van der Waals surface area contributed by atoms with Gasteiger partial charge in [0.05, 0.1) is 12.6 Å². The highest BCUT2D eigenvalue weighted by Gasteiger charge is 2.27. The molecule has 0 spiro atoms. The van der Waals surface area contributed by atoms with Crippen molar-refractivity contribution >= 4 is 11.8 Å². The number of amides is 2. The van der Waals surface area contributed by atoms with E-state index in [4.69, 9.17) is 0 Å². The first-order valence-electron chi connectivity index (χ1n) is 6.91. The Morgan fingerprint density at radius 1 is 1.26 bits per heavy atom. The summed E-state index contributed by atoms with van der Waals surface area (Å²) in [6.07, 6.45) is 0. The highest BCUT2D eigenvalue weighted by atomic mass is 16.2. The van der Waals surface area contributed by atoms with Gasteiger partial charge in [0.25, 0.3) is 0 Å². The van der Waals surface area contributed by atoms with E-state index in [2.05, 4.69) is 10.2 Å². The van der Waals surface area contributed by atoms with Crippen LogP contribution in [0.5, 0.6) is 0 Å². The minimum absolute atomic E-state index is 0.0392. The number of nitrogens with zero attached hydrogens (tertiary/aromatic N) is 3. The summed E-state index contributed by atoms with van der Waals surface area (Å²) < 4.78 is 0. The van der Waals surface area contributed by atoms with Gasteiger partial charge in [-0.2, -0.15) is 0 Å². The van der Waals surface area contributed by atoms with Gasteiger partial charge in [-0.3, -0.25) is 14.5 Å². The monoisotopic (exact) mass is 270 g/mol. The third-order valence-electron chi connectivity index (χ3n) is 3.58. The van der Waals surface area contributed by atoms with Gasteiger partial charge in [0, 0.05) is 46.8 Å². The second kappa shape index (κ2) is 7.45. The third-order valence-corrected chi connectivity index (χ3v) is 3.58. The van der Waals surface area contributed by atoms with E-state index in [1.54, 1.807) is 19.0 Å². The number of hydrogen-bond acceptors (Lipinski definition) is 4. The molecule has 2 amide bonds. The quantitative estimate of drug-likeness (QED) is 0.712. The second-order valence-corrected chi connectivity index (χ2v) is 5.10. The summed E-state index contributed by atoms with van der Waals surface area (Å²) >= 11 is 0. The number of nitrogens with one attached hydrogen (secondary N) is 1. The molecule has 0 aliphatic carbocycles. The maximum Gasteiger partial charge on any atom is 0.241 e. The molecule has 1 heterocycles. The van der Waals surface area contributed by atoms with Crippen molar-refractivity contribution < 1.29 is 9.59 Å². The van der Waals surface area contributed by atoms with Crippen LogP contribution in [0.1, 0.15) is 13.8 Å². The first-order valence-corrected chi connectivity index (χ1v) is 6.91. The normalized spacial score (nSPS) is 17.9. The molecule has 0 aromatic heterocycles. The standard InChI is InChI=1S/C13H26N4O2/c1-5-16(10-12(18)15(3)4)13(19)11(2)17-8-6-14-7-9-17/h11,14H,5-10H2,1-4H3. The molecular weight excluding hydrogens is 244 g/mol. The van der Waals surface area contributed by atoms with Crippen molar-refractivity contribution in [1.82, 2.24) is 20.0 Å².